The fourth-order valence-electron chi connectivity index (χ4n) is 3.57. The van der Waals surface area contributed by atoms with E-state index in [4.69, 9.17) is 0 Å². The topological polar surface area (TPSA) is 58.1 Å². The number of benzene rings is 1. The van der Waals surface area contributed by atoms with Gasteiger partial charge in [-0.2, -0.15) is 10.2 Å². The highest BCUT2D eigenvalue weighted by Crippen LogP contribution is 2.38. The highest BCUT2D eigenvalue weighted by molar-refractivity contribution is 5.90. The number of aromatic nitrogens is 2. The summed E-state index contributed by atoms with van der Waals surface area (Å²) < 4.78 is 0. The van der Waals surface area contributed by atoms with Gasteiger partial charge >= 0.3 is 6.03 Å². The number of urea groups is 1. The normalized spacial score (nSPS) is 22.6. The van der Waals surface area contributed by atoms with E-state index in [2.05, 4.69) is 45.9 Å². The fraction of sp³-hybridized carbons (Fsp3) is 0.278. The zero-order valence-corrected chi connectivity index (χ0v) is 12.7. The van der Waals surface area contributed by atoms with E-state index in [9.17, 15) is 4.79 Å². The third-order valence-electron chi connectivity index (χ3n) is 4.61. The van der Waals surface area contributed by atoms with Crippen LogP contribution in [-0.2, 0) is 0 Å². The Morgan fingerprint density at radius 2 is 2.00 bits per heavy atom. The van der Waals surface area contributed by atoms with Gasteiger partial charge in [-0.1, -0.05) is 36.4 Å². The number of anilines is 1. The molecule has 23 heavy (non-hydrogen) atoms. The molecule has 2 aromatic rings. The lowest BCUT2D eigenvalue weighted by atomic mass is 9.95. The van der Waals surface area contributed by atoms with Crippen LogP contribution in [-0.4, -0.2) is 33.2 Å². The summed E-state index contributed by atoms with van der Waals surface area (Å²) in [5.41, 5.74) is 3.30. The Labute approximate surface area is 135 Å². The number of carbonyl (C=O) groups is 1. The third-order valence-corrected chi connectivity index (χ3v) is 4.61. The van der Waals surface area contributed by atoms with Crippen LogP contribution in [0.3, 0.4) is 0 Å². The molecule has 4 rings (SSSR count). The molecule has 2 aliphatic heterocycles. The summed E-state index contributed by atoms with van der Waals surface area (Å²) in [6.07, 6.45) is 8.40. The minimum atomic E-state index is -0.0474. The van der Waals surface area contributed by atoms with E-state index in [-0.39, 0.29) is 18.1 Å². The van der Waals surface area contributed by atoms with Gasteiger partial charge in [0.1, 0.15) is 0 Å². The summed E-state index contributed by atoms with van der Waals surface area (Å²) in [6, 6.07) is 12.6. The molecule has 0 aliphatic carbocycles. The van der Waals surface area contributed by atoms with E-state index in [1.54, 1.807) is 18.5 Å². The summed E-state index contributed by atoms with van der Waals surface area (Å²) in [6.45, 7) is 0. The standard InChI is InChI=1S/C18H18N4O/c23-18(21-15-8-9-19-20-12-15)22-16-6-7-17(22)11-14(10-16)13-4-2-1-3-5-13/h1-5,8-10,12,16-17H,6-7,11H2,(H,19,21,23)/t16-,17-/m1/s1. The smallest absolute Gasteiger partial charge is 0.315 e. The van der Waals surface area contributed by atoms with Crippen LogP contribution in [0.25, 0.3) is 5.57 Å². The number of hydrogen-bond acceptors (Lipinski definition) is 3. The van der Waals surface area contributed by atoms with E-state index in [1.807, 2.05) is 11.0 Å². The Morgan fingerprint density at radius 3 is 2.74 bits per heavy atom. The molecule has 3 heterocycles. The third kappa shape index (κ3) is 2.70. The predicted octanol–water partition coefficient (Wildman–Crippen LogP) is 3.33. The van der Waals surface area contributed by atoms with Gasteiger partial charge < -0.3 is 10.2 Å². The van der Waals surface area contributed by atoms with Crippen LogP contribution in [0.1, 0.15) is 24.8 Å². The maximum Gasteiger partial charge on any atom is 0.322 e. The maximum atomic E-state index is 12.6. The van der Waals surface area contributed by atoms with Crippen molar-refractivity contribution in [2.24, 2.45) is 0 Å². The van der Waals surface area contributed by atoms with E-state index < -0.39 is 0 Å². The van der Waals surface area contributed by atoms with Crippen molar-refractivity contribution in [2.75, 3.05) is 5.32 Å². The van der Waals surface area contributed by atoms with Crippen molar-refractivity contribution in [3.8, 4) is 0 Å². The van der Waals surface area contributed by atoms with E-state index >= 15 is 0 Å². The molecule has 5 nitrogen and oxygen atoms in total. The molecule has 1 N–H and O–H groups in total. The Morgan fingerprint density at radius 1 is 1.13 bits per heavy atom. The number of hydrogen-bond donors (Lipinski definition) is 1. The number of fused-ring (bicyclic) bond motifs is 2. The molecule has 2 aliphatic rings. The quantitative estimate of drug-likeness (QED) is 0.926. The average molecular weight is 306 g/mol. The molecule has 1 aromatic carbocycles. The van der Waals surface area contributed by atoms with Gasteiger partial charge in [-0.25, -0.2) is 4.79 Å². The summed E-state index contributed by atoms with van der Waals surface area (Å²) in [5.74, 6) is 0. The first-order valence-electron chi connectivity index (χ1n) is 7.93. The summed E-state index contributed by atoms with van der Waals surface area (Å²) in [5, 5.41) is 10.4. The van der Waals surface area contributed by atoms with Gasteiger partial charge in [0, 0.05) is 6.04 Å². The number of rotatable bonds is 2. The average Bonchev–Trinajstić information content (AvgIpc) is 2.87. The fourth-order valence-corrected chi connectivity index (χ4v) is 3.57. The molecule has 1 fully saturated rings. The number of nitrogens with zero attached hydrogens (tertiary/aromatic N) is 3. The van der Waals surface area contributed by atoms with Crippen molar-refractivity contribution in [2.45, 2.75) is 31.3 Å². The van der Waals surface area contributed by atoms with Crippen LogP contribution in [0.5, 0.6) is 0 Å². The van der Waals surface area contributed by atoms with Crippen molar-refractivity contribution < 1.29 is 4.79 Å². The molecular formula is C18H18N4O. The molecule has 0 saturated carbocycles. The molecule has 2 atom stereocenters. The highest BCUT2D eigenvalue weighted by Gasteiger charge is 2.39. The lowest BCUT2D eigenvalue weighted by molar-refractivity contribution is 0.193. The molecule has 5 heteroatoms. The van der Waals surface area contributed by atoms with E-state index in [0.29, 0.717) is 5.69 Å². The molecular weight excluding hydrogens is 288 g/mol. The molecule has 2 bridgehead atoms. The molecule has 0 spiro atoms. The number of amides is 2. The summed E-state index contributed by atoms with van der Waals surface area (Å²) >= 11 is 0. The van der Waals surface area contributed by atoms with Gasteiger partial charge in [-0.15, -0.1) is 0 Å². The predicted molar refractivity (Wildman–Crippen MR) is 88.7 cm³/mol. The first-order chi connectivity index (χ1) is 11.3. The van der Waals surface area contributed by atoms with Crippen molar-refractivity contribution in [3.05, 3.63) is 60.4 Å². The van der Waals surface area contributed by atoms with Gasteiger partial charge in [0.25, 0.3) is 0 Å². The van der Waals surface area contributed by atoms with Crippen molar-refractivity contribution in [1.29, 1.82) is 0 Å². The van der Waals surface area contributed by atoms with Crippen molar-refractivity contribution in [1.82, 2.24) is 15.1 Å². The largest absolute Gasteiger partial charge is 0.322 e. The van der Waals surface area contributed by atoms with Gasteiger partial charge in [-0.05, 0) is 36.5 Å². The molecule has 1 saturated heterocycles. The Bertz CT molecular complexity index is 729. The van der Waals surface area contributed by atoms with Gasteiger partial charge in [-0.3, -0.25) is 0 Å². The molecule has 2 amide bonds. The zero-order chi connectivity index (χ0) is 15.6. The van der Waals surface area contributed by atoms with E-state index in [0.717, 1.165) is 19.3 Å². The first kappa shape index (κ1) is 13.9. The lowest BCUT2D eigenvalue weighted by Crippen LogP contribution is -2.45. The summed E-state index contributed by atoms with van der Waals surface area (Å²) in [4.78, 5) is 14.6. The second-order valence-electron chi connectivity index (χ2n) is 6.03. The Kier molecular flexibility index (Phi) is 3.54. The zero-order valence-electron chi connectivity index (χ0n) is 12.7. The second kappa shape index (κ2) is 5.83. The second-order valence-corrected chi connectivity index (χ2v) is 6.03. The van der Waals surface area contributed by atoms with Gasteiger partial charge in [0.15, 0.2) is 0 Å². The first-order valence-corrected chi connectivity index (χ1v) is 7.93. The molecule has 0 unspecified atom stereocenters. The molecule has 116 valence electrons. The van der Waals surface area contributed by atoms with Crippen molar-refractivity contribution in [3.63, 3.8) is 0 Å². The van der Waals surface area contributed by atoms with Crippen LogP contribution in [0.4, 0.5) is 10.5 Å². The number of nitrogens with one attached hydrogen (secondary N) is 1. The van der Waals surface area contributed by atoms with Gasteiger partial charge in [0.05, 0.1) is 24.1 Å². The highest BCUT2D eigenvalue weighted by atomic mass is 16.2. The van der Waals surface area contributed by atoms with Crippen LogP contribution >= 0.6 is 0 Å². The number of carbonyl (C=O) groups excluding carboxylic acids is 1. The Balaban J connectivity index is 1.54. The van der Waals surface area contributed by atoms with Crippen LogP contribution < -0.4 is 5.32 Å². The minimum absolute atomic E-state index is 0.0474. The van der Waals surface area contributed by atoms with E-state index in [1.165, 1.54) is 11.1 Å². The van der Waals surface area contributed by atoms with Crippen LogP contribution in [0.15, 0.2) is 54.9 Å². The lowest BCUT2D eigenvalue weighted by Gasteiger charge is -2.34. The molecule has 1 aromatic heterocycles. The van der Waals surface area contributed by atoms with Crippen LogP contribution in [0.2, 0.25) is 0 Å². The molecule has 0 radical (unpaired) electrons. The minimum Gasteiger partial charge on any atom is -0.315 e. The summed E-state index contributed by atoms with van der Waals surface area (Å²) in [7, 11) is 0. The monoisotopic (exact) mass is 306 g/mol. The SMILES string of the molecule is O=C(Nc1ccnnc1)N1[C@@H]2CC[C@@H]1C=C(c1ccccc1)C2. The Hall–Kier alpha value is -2.69. The van der Waals surface area contributed by atoms with Crippen LogP contribution in [0, 0.1) is 0 Å². The van der Waals surface area contributed by atoms with Crippen molar-refractivity contribution >= 4 is 17.3 Å². The van der Waals surface area contributed by atoms with Gasteiger partial charge in [0.2, 0.25) is 0 Å². The maximum absolute atomic E-state index is 12.6.